The van der Waals surface area contributed by atoms with Crippen LogP contribution in [0.4, 0.5) is 4.79 Å². The van der Waals surface area contributed by atoms with Gasteiger partial charge in [0.15, 0.2) is 0 Å². The van der Waals surface area contributed by atoms with Crippen LogP contribution in [0.25, 0.3) is 0 Å². The third kappa shape index (κ3) is 3.73. The smallest absolute Gasteiger partial charge is 0.338 e. The molecule has 1 aromatic rings. The highest BCUT2D eigenvalue weighted by Gasteiger charge is 2.35. The van der Waals surface area contributed by atoms with Crippen molar-refractivity contribution in [2.75, 3.05) is 27.4 Å². The number of carbonyl (C=O) groups is 2. The van der Waals surface area contributed by atoms with E-state index in [1.165, 1.54) is 12.0 Å². The Hall–Kier alpha value is -1.86. The summed E-state index contributed by atoms with van der Waals surface area (Å²) in [5, 5.41) is 2.84. The van der Waals surface area contributed by atoms with E-state index < -0.39 is 12.0 Å². The topological polar surface area (TPSA) is 67.9 Å². The van der Waals surface area contributed by atoms with Crippen LogP contribution < -0.4 is 5.32 Å². The van der Waals surface area contributed by atoms with Gasteiger partial charge in [0.25, 0.3) is 0 Å². The molecule has 124 valence electrons. The van der Waals surface area contributed by atoms with Crippen LogP contribution in [0.15, 0.2) is 40.0 Å². The van der Waals surface area contributed by atoms with Gasteiger partial charge in [0.1, 0.15) is 6.61 Å². The van der Waals surface area contributed by atoms with Crippen molar-refractivity contribution in [2.24, 2.45) is 0 Å². The number of hydrogen-bond acceptors (Lipinski definition) is 4. The van der Waals surface area contributed by atoms with Crippen molar-refractivity contribution in [3.05, 3.63) is 45.6 Å². The molecule has 0 aromatic heterocycles. The zero-order valence-electron chi connectivity index (χ0n) is 13.3. The van der Waals surface area contributed by atoms with Gasteiger partial charge in [0, 0.05) is 24.3 Å². The van der Waals surface area contributed by atoms with Crippen LogP contribution in [0.5, 0.6) is 0 Å². The summed E-state index contributed by atoms with van der Waals surface area (Å²) in [5.41, 5.74) is 1.78. The van der Waals surface area contributed by atoms with Gasteiger partial charge in [-0.25, -0.2) is 9.59 Å². The van der Waals surface area contributed by atoms with Crippen LogP contribution in [0.2, 0.25) is 0 Å². The summed E-state index contributed by atoms with van der Waals surface area (Å²) in [4.78, 5) is 26.0. The molecule has 2 amide bonds. The fourth-order valence-electron chi connectivity index (χ4n) is 2.34. The van der Waals surface area contributed by atoms with Gasteiger partial charge in [0.05, 0.1) is 18.2 Å². The predicted molar refractivity (Wildman–Crippen MR) is 88.7 cm³/mol. The fourth-order valence-corrected chi connectivity index (χ4v) is 2.85. The van der Waals surface area contributed by atoms with Gasteiger partial charge < -0.3 is 19.7 Å². The highest BCUT2D eigenvalue weighted by Crippen LogP contribution is 2.34. The predicted octanol–water partition coefficient (Wildman–Crippen LogP) is 2.61. The molecule has 1 aliphatic heterocycles. The van der Waals surface area contributed by atoms with Gasteiger partial charge in [0.2, 0.25) is 0 Å². The van der Waals surface area contributed by atoms with Crippen LogP contribution in [-0.4, -0.2) is 44.3 Å². The Morgan fingerprint density at radius 1 is 1.35 bits per heavy atom. The molecule has 0 aliphatic carbocycles. The third-order valence-electron chi connectivity index (χ3n) is 3.71. The second kappa shape index (κ2) is 7.61. The van der Waals surface area contributed by atoms with Crippen LogP contribution in [0.3, 0.4) is 0 Å². The number of amides is 2. The molecular weight excluding hydrogens is 364 g/mol. The van der Waals surface area contributed by atoms with Gasteiger partial charge >= 0.3 is 12.0 Å². The number of halogens is 1. The number of esters is 1. The molecule has 0 saturated carbocycles. The monoisotopic (exact) mass is 382 g/mol. The Labute approximate surface area is 143 Å². The SMILES string of the molecule is COCCOC(=O)C1=C(C)N(C)C(=O)N[C@@H]1c1ccccc1Br. The molecule has 1 N–H and O–H groups in total. The number of carbonyl (C=O) groups excluding carboxylic acids is 2. The Morgan fingerprint density at radius 2 is 2.04 bits per heavy atom. The first-order valence-electron chi connectivity index (χ1n) is 7.12. The second-order valence-corrected chi connectivity index (χ2v) is 5.95. The number of rotatable bonds is 5. The summed E-state index contributed by atoms with van der Waals surface area (Å²) in [5.74, 6) is -0.466. The number of ether oxygens (including phenoxy) is 2. The van der Waals surface area contributed by atoms with Crippen molar-refractivity contribution in [3.8, 4) is 0 Å². The van der Waals surface area contributed by atoms with Crippen LogP contribution in [0, 0.1) is 0 Å². The molecule has 6 nitrogen and oxygen atoms in total. The standard InChI is InChI=1S/C16H19BrN2O4/c1-10-13(15(20)23-9-8-22-3)14(18-16(21)19(10)2)11-6-4-5-7-12(11)17/h4-7,14H,8-9H2,1-3H3,(H,18,21)/t14-/m1/s1. The summed E-state index contributed by atoms with van der Waals surface area (Å²) in [6, 6.07) is 6.62. The molecule has 7 heteroatoms. The van der Waals surface area contributed by atoms with E-state index in [1.807, 2.05) is 24.3 Å². The van der Waals surface area contributed by atoms with Gasteiger partial charge in [-0.1, -0.05) is 34.1 Å². The third-order valence-corrected chi connectivity index (χ3v) is 4.43. The minimum Gasteiger partial charge on any atom is -0.460 e. The summed E-state index contributed by atoms with van der Waals surface area (Å²) in [7, 11) is 3.15. The Balaban J connectivity index is 2.40. The zero-order valence-corrected chi connectivity index (χ0v) is 14.8. The lowest BCUT2D eigenvalue weighted by molar-refractivity contribution is -0.140. The van der Waals surface area contributed by atoms with E-state index in [9.17, 15) is 9.59 Å². The second-order valence-electron chi connectivity index (χ2n) is 5.09. The number of nitrogens with zero attached hydrogens (tertiary/aromatic N) is 1. The molecule has 1 aromatic carbocycles. The minimum absolute atomic E-state index is 0.159. The number of nitrogens with one attached hydrogen (secondary N) is 1. The molecule has 0 radical (unpaired) electrons. The quantitative estimate of drug-likeness (QED) is 0.627. The maximum atomic E-state index is 12.5. The van der Waals surface area contributed by atoms with Gasteiger partial charge in [-0.2, -0.15) is 0 Å². The first kappa shape index (κ1) is 17.5. The van der Waals surface area contributed by atoms with E-state index in [-0.39, 0.29) is 12.6 Å². The summed E-state index contributed by atoms with van der Waals surface area (Å²) in [6.45, 7) is 2.21. The number of hydrogen-bond donors (Lipinski definition) is 1. The van der Waals surface area contributed by atoms with Crippen molar-refractivity contribution in [3.63, 3.8) is 0 Å². The molecule has 1 aliphatic rings. The minimum atomic E-state index is -0.565. The van der Waals surface area contributed by atoms with Gasteiger partial charge in [-0.15, -0.1) is 0 Å². The number of benzene rings is 1. The van der Waals surface area contributed by atoms with Crippen molar-refractivity contribution >= 4 is 27.9 Å². The first-order chi connectivity index (χ1) is 11.0. The Kier molecular flexibility index (Phi) is 5.79. The zero-order chi connectivity index (χ0) is 17.0. The van der Waals surface area contributed by atoms with E-state index in [0.29, 0.717) is 17.9 Å². The maximum absolute atomic E-state index is 12.5. The fraction of sp³-hybridized carbons (Fsp3) is 0.375. The van der Waals surface area contributed by atoms with E-state index in [4.69, 9.17) is 9.47 Å². The average molecular weight is 383 g/mol. The van der Waals surface area contributed by atoms with Crippen molar-refractivity contribution in [1.82, 2.24) is 10.2 Å². The summed E-state index contributed by atoms with van der Waals surface area (Å²) in [6.07, 6.45) is 0. The molecule has 2 rings (SSSR count). The molecular formula is C16H19BrN2O4. The molecule has 0 unspecified atom stereocenters. The van der Waals surface area contributed by atoms with Gasteiger partial charge in [-0.05, 0) is 18.6 Å². The number of methoxy groups -OCH3 is 1. The molecule has 1 atom stereocenters. The molecule has 0 saturated heterocycles. The first-order valence-corrected chi connectivity index (χ1v) is 7.92. The Bertz CT molecular complexity index is 645. The van der Waals surface area contributed by atoms with Crippen molar-refractivity contribution < 1.29 is 19.1 Å². The largest absolute Gasteiger partial charge is 0.460 e. The molecule has 0 fully saturated rings. The average Bonchev–Trinajstić information content (AvgIpc) is 2.53. The molecule has 23 heavy (non-hydrogen) atoms. The summed E-state index contributed by atoms with van der Waals surface area (Å²) < 4.78 is 11.0. The molecule has 0 spiro atoms. The maximum Gasteiger partial charge on any atom is 0.338 e. The van der Waals surface area contributed by atoms with Crippen LogP contribution in [0.1, 0.15) is 18.5 Å². The van der Waals surface area contributed by atoms with Crippen LogP contribution in [-0.2, 0) is 14.3 Å². The lowest BCUT2D eigenvalue weighted by Gasteiger charge is -2.33. The number of urea groups is 1. The summed E-state index contributed by atoms with van der Waals surface area (Å²) >= 11 is 3.47. The Morgan fingerprint density at radius 3 is 2.70 bits per heavy atom. The lowest BCUT2D eigenvalue weighted by Crippen LogP contribution is -2.46. The molecule has 1 heterocycles. The van der Waals surface area contributed by atoms with E-state index in [0.717, 1.165) is 10.0 Å². The van der Waals surface area contributed by atoms with E-state index >= 15 is 0 Å². The van der Waals surface area contributed by atoms with Gasteiger partial charge in [-0.3, -0.25) is 0 Å². The van der Waals surface area contributed by atoms with Crippen molar-refractivity contribution in [1.29, 1.82) is 0 Å². The highest BCUT2D eigenvalue weighted by molar-refractivity contribution is 9.10. The highest BCUT2D eigenvalue weighted by atomic mass is 79.9. The number of allylic oxidation sites excluding steroid dienone is 1. The van der Waals surface area contributed by atoms with Crippen LogP contribution >= 0.6 is 15.9 Å². The van der Waals surface area contributed by atoms with Crippen molar-refractivity contribution in [2.45, 2.75) is 13.0 Å². The van der Waals surface area contributed by atoms with E-state index in [2.05, 4.69) is 21.2 Å². The van der Waals surface area contributed by atoms with E-state index in [1.54, 1.807) is 14.0 Å². The lowest BCUT2D eigenvalue weighted by atomic mass is 9.95. The molecule has 0 bridgehead atoms. The normalized spacial score (nSPS) is 18.0.